The van der Waals surface area contributed by atoms with Crippen molar-refractivity contribution in [2.45, 2.75) is 26.9 Å². The molecule has 0 aliphatic rings. The molecule has 0 aromatic carbocycles. The first-order chi connectivity index (χ1) is 9.70. The molecule has 21 heavy (non-hydrogen) atoms. The van der Waals surface area contributed by atoms with Crippen molar-refractivity contribution in [2.24, 2.45) is 0 Å². The summed E-state index contributed by atoms with van der Waals surface area (Å²) >= 11 is 0. The van der Waals surface area contributed by atoms with Gasteiger partial charge in [-0.2, -0.15) is 13.2 Å². The number of aromatic nitrogens is 2. The molecule has 0 spiro atoms. The zero-order valence-corrected chi connectivity index (χ0v) is 11.7. The zero-order chi connectivity index (χ0) is 15.8. The maximum atomic E-state index is 13.1. The van der Waals surface area contributed by atoms with E-state index in [-0.39, 0.29) is 5.69 Å². The Balaban J connectivity index is 2.60. The number of rotatable bonds is 2. The summed E-state index contributed by atoms with van der Waals surface area (Å²) in [6.07, 6.45) is -3.42. The SMILES string of the molecule is CC(=O)Oc1ncc(-n2c(C)ccc2C)cc1C(F)(F)F. The van der Waals surface area contributed by atoms with Crippen LogP contribution in [0.4, 0.5) is 13.2 Å². The van der Waals surface area contributed by atoms with Gasteiger partial charge < -0.3 is 9.30 Å². The summed E-state index contributed by atoms with van der Waals surface area (Å²) in [5.41, 5.74) is 0.742. The molecule has 0 fully saturated rings. The number of carbonyl (C=O) groups is 1. The summed E-state index contributed by atoms with van der Waals surface area (Å²) in [5, 5.41) is 0. The third-order valence-corrected chi connectivity index (χ3v) is 2.91. The van der Waals surface area contributed by atoms with Crippen molar-refractivity contribution in [3.8, 4) is 11.6 Å². The van der Waals surface area contributed by atoms with E-state index in [0.717, 1.165) is 24.4 Å². The Hall–Kier alpha value is -2.31. The second-order valence-corrected chi connectivity index (χ2v) is 4.59. The molecule has 0 aliphatic heterocycles. The van der Waals surface area contributed by atoms with E-state index in [1.165, 1.54) is 6.20 Å². The fourth-order valence-electron chi connectivity index (χ4n) is 2.06. The van der Waals surface area contributed by atoms with Crippen molar-refractivity contribution in [3.63, 3.8) is 0 Å². The van der Waals surface area contributed by atoms with Gasteiger partial charge in [0, 0.05) is 18.3 Å². The highest BCUT2D eigenvalue weighted by molar-refractivity contribution is 5.69. The highest BCUT2D eigenvalue weighted by Gasteiger charge is 2.36. The Morgan fingerprint density at radius 3 is 2.29 bits per heavy atom. The van der Waals surface area contributed by atoms with Crippen LogP contribution in [0.15, 0.2) is 24.4 Å². The van der Waals surface area contributed by atoms with Crippen LogP contribution in [0, 0.1) is 13.8 Å². The summed E-state index contributed by atoms with van der Waals surface area (Å²) in [4.78, 5) is 14.5. The quantitative estimate of drug-likeness (QED) is 0.798. The van der Waals surface area contributed by atoms with Crippen LogP contribution in [0.2, 0.25) is 0 Å². The number of carbonyl (C=O) groups excluding carboxylic acids is 1. The van der Waals surface area contributed by atoms with Gasteiger partial charge in [-0.3, -0.25) is 4.79 Å². The number of esters is 1. The summed E-state index contributed by atoms with van der Waals surface area (Å²) in [7, 11) is 0. The summed E-state index contributed by atoms with van der Waals surface area (Å²) in [6.45, 7) is 4.58. The lowest BCUT2D eigenvalue weighted by atomic mass is 10.2. The largest absolute Gasteiger partial charge is 0.421 e. The molecule has 0 N–H and O–H groups in total. The van der Waals surface area contributed by atoms with Crippen molar-refractivity contribution in [1.29, 1.82) is 0 Å². The molecule has 2 aromatic rings. The van der Waals surface area contributed by atoms with Gasteiger partial charge in [-0.25, -0.2) is 4.98 Å². The van der Waals surface area contributed by atoms with Crippen LogP contribution >= 0.6 is 0 Å². The second kappa shape index (κ2) is 5.23. The van der Waals surface area contributed by atoms with Crippen LogP contribution in [0.5, 0.6) is 5.88 Å². The molecule has 4 nitrogen and oxygen atoms in total. The van der Waals surface area contributed by atoms with E-state index in [0.29, 0.717) is 0 Å². The predicted molar refractivity (Wildman–Crippen MR) is 69.3 cm³/mol. The van der Waals surface area contributed by atoms with Gasteiger partial charge in [-0.1, -0.05) is 0 Å². The lowest BCUT2D eigenvalue weighted by Gasteiger charge is -2.15. The zero-order valence-electron chi connectivity index (χ0n) is 11.7. The first kappa shape index (κ1) is 15.1. The van der Waals surface area contributed by atoms with Crippen molar-refractivity contribution in [3.05, 3.63) is 41.3 Å². The smallest absolute Gasteiger partial charge is 0.407 e. The van der Waals surface area contributed by atoms with E-state index in [1.807, 2.05) is 0 Å². The predicted octanol–water partition coefficient (Wildman–Crippen LogP) is 3.43. The monoisotopic (exact) mass is 298 g/mol. The summed E-state index contributed by atoms with van der Waals surface area (Å²) in [6, 6.07) is 4.51. The van der Waals surface area contributed by atoms with Gasteiger partial charge in [0.1, 0.15) is 5.56 Å². The molecule has 2 aromatic heterocycles. The minimum atomic E-state index is -4.66. The topological polar surface area (TPSA) is 44.1 Å². The molecule has 0 unspecified atom stereocenters. The molecule has 112 valence electrons. The maximum absolute atomic E-state index is 13.1. The Morgan fingerprint density at radius 1 is 1.24 bits per heavy atom. The van der Waals surface area contributed by atoms with Gasteiger partial charge in [-0.05, 0) is 32.0 Å². The fraction of sp³-hybridized carbons (Fsp3) is 0.286. The molecule has 0 bridgehead atoms. The van der Waals surface area contributed by atoms with Gasteiger partial charge in [-0.15, -0.1) is 0 Å². The summed E-state index contributed by atoms with van der Waals surface area (Å²) in [5.74, 6) is -1.59. The van der Waals surface area contributed by atoms with Gasteiger partial charge in [0.25, 0.3) is 0 Å². The van der Waals surface area contributed by atoms with E-state index in [2.05, 4.69) is 9.72 Å². The molecule has 0 amide bonds. The van der Waals surface area contributed by atoms with Gasteiger partial charge in [0.15, 0.2) is 0 Å². The average Bonchev–Trinajstić information content (AvgIpc) is 2.68. The molecule has 2 rings (SSSR count). The van der Waals surface area contributed by atoms with Crippen LogP contribution in [0.3, 0.4) is 0 Å². The van der Waals surface area contributed by atoms with E-state index >= 15 is 0 Å². The molecule has 0 saturated carbocycles. The molecular weight excluding hydrogens is 285 g/mol. The van der Waals surface area contributed by atoms with Crippen molar-refractivity contribution in [2.75, 3.05) is 0 Å². The Kier molecular flexibility index (Phi) is 3.76. The fourth-order valence-corrected chi connectivity index (χ4v) is 2.06. The number of hydrogen-bond donors (Lipinski definition) is 0. The van der Waals surface area contributed by atoms with Crippen LogP contribution in [-0.4, -0.2) is 15.5 Å². The maximum Gasteiger partial charge on any atom is 0.421 e. The Bertz CT molecular complexity index is 671. The van der Waals surface area contributed by atoms with Crippen LogP contribution in [0.25, 0.3) is 5.69 Å². The average molecular weight is 298 g/mol. The highest BCUT2D eigenvalue weighted by Crippen LogP contribution is 2.36. The third kappa shape index (κ3) is 3.07. The molecular formula is C14H13F3N2O2. The highest BCUT2D eigenvalue weighted by atomic mass is 19.4. The van der Waals surface area contributed by atoms with Crippen molar-refractivity contribution < 1.29 is 22.7 Å². The van der Waals surface area contributed by atoms with Crippen LogP contribution in [0.1, 0.15) is 23.9 Å². The first-order valence-electron chi connectivity index (χ1n) is 6.11. The molecule has 0 atom stereocenters. The van der Waals surface area contributed by atoms with E-state index in [1.54, 1.807) is 30.5 Å². The molecule has 0 radical (unpaired) electrons. The van der Waals surface area contributed by atoms with Crippen LogP contribution in [-0.2, 0) is 11.0 Å². The van der Waals surface area contributed by atoms with E-state index in [4.69, 9.17) is 0 Å². The van der Waals surface area contributed by atoms with E-state index < -0.39 is 23.6 Å². The van der Waals surface area contributed by atoms with Gasteiger partial charge in [0.05, 0.1) is 11.9 Å². The minimum Gasteiger partial charge on any atom is -0.407 e. The van der Waals surface area contributed by atoms with Crippen molar-refractivity contribution >= 4 is 5.97 Å². The molecule has 0 saturated heterocycles. The van der Waals surface area contributed by atoms with Gasteiger partial charge >= 0.3 is 12.1 Å². The Morgan fingerprint density at radius 2 is 1.81 bits per heavy atom. The normalized spacial score (nSPS) is 11.5. The Labute approximate surface area is 119 Å². The second-order valence-electron chi connectivity index (χ2n) is 4.59. The lowest BCUT2D eigenvalue weighted by Crippen LogP contribution is -2.14. The molecule has 2 heterocycles. The molecule has 0 aliphatic carbocycles. The number of halogens is 3. The number of aryl methyl sites for hydroxylation is 2. The number of alkyl halides is 3. The van der Waals surface area contributed by atoms with E-state index in [9.17, 15) is 18.0 Å². The number of nitrogens with zero attached hydrogens (tertiary/aromatic N) is 2. The number of pyridine rings is 1. The van der Waals surface area contributed by atoms with Gasteiger partial charge in [0.2, 0.25) is 5.88 Å². The van der Waals surface area contributed by atoms with Crippen LogP contribution < -0.4 is 4.74 Å². The van der Waals surface area contributed by atoms with Crippen molar-refractivity contribution in [1.82, 2.24) is 9.55 Å². The molecule has 7 heteroatoms. The standard InChI is InChI=1S/C14H13F3N2O2/c1-8-4-5-9(2)19(8)11-6-12(14(15,16)17)13(18-7-11)21-10(3)20/h4-7H,1-3H3. The summed E-state index contributed by atoms with van der Waals surface area (Å²) < 4.78 is 45.4. The third-order valence-electron chi connectivity index (χ3n) is 2.91. The number of hydrogen-bond acceptors (Lipinski definition) is 3. The number of ether oxygens (including phenoxy) is 1. The first-order valence-corrected chi connectivity index (χ1v) is 6.11. The minimum absolute atomic E-state index is 0.262. The lowest BCUT2D eigenvalue weighted by molar-refractivity contribution is -0.142.